The van der Waals surface area contributed by atoms with Crippen LogP contribution in [0.4, 0.5) is 10.1 Å². The van der Waals surface area contributed by atoms with Crippen molar-refractivity contribution in [3.63, 3.8) is 0 Å². The first-order valence-electron chi connectivity index (χ1n) is 9.00. The quantitative estimate of drug-likeness (QED) is 0.415. The summed E-state index contributed by atoms with van der Waals surface area (Å²) >= 11 is 1.26. The van der Waals surface area contributed by atoms with Crippen LogP contribution in [0.5, 0.6) is 5.75 Å². The molecule has 2 aromatic carbocycles. The third kappa shape index (κ3) is 5.68. The maximum absolute atomic E-state index is 13.0. The fourth-order valence-corrected chi connectivity index (χ4v) is 3.38. The zero-order valence-electron chi connectivity index (χ0n) is 15.9. The van der Waals surface area contributed by atoms with Crippen LogP contribution in [-0.2, 0) is 11.3 Å². The summed E-state index contributed by atoms with van der Waals surface area (Å²) in [5.41, 5.74) is 0.537. The molecule has 3 aromatic rings. The van der Waals surface area contributed by atoms with Gasteiger partial charge in [-0.05, 0) is 43.3 Å². The summed E-state index contributed by atoms with van der Waals surface area (Å²) in [4.78, 5) is 12.2. The highest BCUT2D eigenvalue weighted by Gasteiger charge is 2.19. The van der Waals surface area contributed by atoms with Crippen LogP contribution in [0, 0.1) is 5.82 Å². The standard InChI is InChI=1S/C21H21FN4O2S/c1-3-13-26-20(15(2)28-18-7-5-4-6-8-18)24-25-21(26)29-14-19(27)23-17-11-9-16(22)10-12-17/h3-12,15H,1,13-14H2,2H3,(H,23,27). The van der Waals surface area contributed by atoms with Gasteiger partial charge < -0.3 is 10.1 Å². The molecule has 0 radical (unpaired) electrons. The van der Waals surface area contributed by atoms with E-state index in [1.807, 2.05) is 41.8 Å². The van der Waals surface area contributed by atoms with E-state index in [2.05, 4.69) is 22.1 Å². The summed E-state index contributed by atoms with van der Waals surface area (Å²) in [6.45, 7) is 6.17. The normalized spacial score (nSPS) is 11.7. The molecule has 0 aliphatic heterocycles. The molecular formula is C21H21FN4O2S. The number of thioether (sulfide) groups is 1. The van der Waals surface area contributed by atoms with Gasteiger partial charge in [0.05, 0.1) is 5.75 Å². The average Bonchev–Trinajstić information content (AvgIpc) is 3.12. The maximum atomic E-state index is 13.0. The molecule has 0 aliphatic carbocycles. The molecule has 1 heterocycles. The Hall–Kier alpha value is -3.13. The number of carbonyl (C=O) groups is 1. The first-order chi connectivity index (χ1) is 14.1. The third-order valence-electron chi connectivity index (χ3n) is 3.94. The molecule has 29 heavy (non-hydrogen) atoms. The zero-order valence-corrected chi connectivity index (χ0v) is 16.7. The van der Waals surface area contributed by atoms with Gasteiger partial charge in [-0.25, -0.2) is 4.39 Å². The highest BCUT2D eigenvalue weighted by molar-refractivity contribution is 7.99. The second kappa shape index (κ2) is 9.88. The number of hydrogen-bond acceptors (Lipinski definition) is 5. The molecule has 1 amide bonds. The highest BCUT2D eigenvalue weighted by atomic mass is 32.2. The largest absolute Gasteiger partial charge is 0.483 e. The Balaban J connectivity index is 1.65. The Morgan fingerprint density at radius 2 is 1.97 bits per heavy atom. The lowest BCUT2D eigenvalue weighted by atomic mass is 10.3. The van der Waals surface area contributed by atoms with Crippen molar-refractivity contribution in [1.29, 1.82) is 0 Å². The number of benzene rings is 2. The molecular weight excluding hydrogens is 391 g/mol. The Labute approximate surface area is 172 Å². The number of nitrogens with one attached hydrogen (secondary N) is 1. The predicted molar refractivity (Wildman–Crippen MR) is 111 cm³/mol. The summed E-state index contributed by atoms with van der Waals surface area (Å²) in [6, 6.07) is 15.1. The van der Waals surface area contributed by atoms with E-state index in [-0.39, 0.29) is 23.6 Å². The minimum Gasteiger partial charge on any atom is -0.483 e. The molecule has 8 heteroatoms. The lowest BCUT2D eigenvalue weighted by Gasteiger charge is -2.15. The topological polar surface area (TPSA) is 69.0 Å². The van der Waals surface area contributed by atoms with Crippen LogP contribution >= 0.6 is 11.8 Å². The second-order valence-corrected chi connectivity index (χ2v) is 7.10. The number of carbonyl (C=O) groups excluding carboxylic acids is 1. The number of ether oxygens (including phenoxy) is 1. The minimum atomic E-state index is -0.353. The molecule has 0 spiro atoms. The van der Waals surface area contributed by atoms with Crippen LogP contribution < -0.4 is 10.1 Å². The Morgan fingerprint density at radius 3 is 2.66 bits per heavy atom. The van der Waals surface area contributed by atoms with E-state index in [9.17, 15) is 9.18 Å². The van der Waals surface area contributed by atoms with Crippen LogP contribution in [0.1, 0.15) is 18.9 Å². The van der Waals surface area contributed by atoms with Crippen molar-refractivity contribution in [2.75, 3.05) is 11.1 Å². The summed E-state index contributed by atoms with van der Waals surface area (Å²) in [5, 5.41) is 11.8. The number of rotatable bonds is 9. The molecule has 0 fully saturated rings. The van der Waals surface area contributed by atoms with Gasteiger partial charge in [-0.2, -0.15) is 0 Å². The van der Waals surface area contributed by atoms with Crippen molar-refractivity contribution >= 4 is 23.4 Å². The molecule has 0 bridgehead atoms. The van der Waals surface area contributed by atoms with Gasteiger partial charge in [-0.15, -0.1) is 16.8 Å². The Kier molecular flexibility index (Phi) is 7.02. The smallest absolute Gasteiger partial charge is 0.234 e. The molecule has 6 nitrogen and oxygen atoms in total. The van der Waals surface area contributed by atoms with Gasteiger partial charge >= 0.3 is 0 Å². The van der Waals surface area contributed by atoms with E-state index >= 15 is 0 Å². The van der Waals surface area contributed by atoms with Gasteiger partial charge in [0.15, 0.2) is 17.1 Å². The fraction of sp³-hybridized carbons (Fsp3) is 0.190. The molecule has 1 unspecified atom stereocenters. The Bertz CT molecular complexity index is 961. The van der Waals surface area contributed by atoms with Crippen LogP contribution in [0.15, 0.2) is 72.4 Å². The van der Waals surface area contributed by atoms with Crippen molar-refractivity contribution in [3.8, 4) is 5.75 Å². The first-order valence-corrected chi connectivity index (χ1v) is 9.99. The van der Waals surface area contributed by atoms with E-state index < -0.39 is 0 Å². The molecule has 1 atom stereocenters. The summed E-state index contributed by atoms with van der Waals surface area (Å²) < 4.78 is 20.8. The van der Waals surface area contributed by atoms with Crippen molar-refractivity contribution in [3.05, 3.63) is 78.9 Å². The van der Waals surface area contributed by atoms with Crippen LogP contribution in [0.3, 0.4) is 0 Å². The molecule has 0 saturated carbocycles. The van der Waals surface area contributed by atoms with Crippen LogP contribution in [0.25, 0.3) is 0 Å². The van der Waals surface area contributed by atoms with Gasteiger partial charge in [0.25, 0.3) is 0 Å². The third-order valence-corrected chi connectivity index (χ3v) is 4.90. The van der Waals surface area contributed by atoms with E-state index in [0.717, 1.165) is 5.75 Å². The number of hydrogen-bond donors (Lipinski definition) is 1. The number of aromatic nitrogens is 3. The van der Waals surface area contributed by atoms with E-state index in [4.69, 9.17) is 4.74 Å². The van der Waals surface area contributed by atoms with Crippen LogP contribution in [-0.4, -0.2) is 26.4 Å². The zero-order chi connectivity index (χ0) is 20.6. The van der Waals surface area contributed by atoms with Gasteiger partial charge in [-0.1, -0.05) is 36.0 Å². The average molecular weight is 412 g/mol. The summed E-state index contributed by atoms with van der Waals surface area (Å²) in [7, 11) is 0. The number of halogens is 1. The lowest BCUT2D eigenvalue weighted by Crippen LogP contribution is -2.15. The van der Waals surface area contributed by atoms with E-state index in [1.54, 1.807) is 6.08 Å². The Morgan fingerprint density at radius 1 is 1.24 bits per heavy atom. The number of nitrogens with zero attached hydrogens (tertiary/aromatic N) is 3. The van der Waals surface area contributed by atoms with Gasteiger partial charge in [-0.3, -0.25) is 9.36 Å². The number of allylic oxidation sites excluding steroid dienone is 1. The van der Waals surface area contributed by atoms with Gasteiger partial charge in [0.2, 0.25) is 5.91 Å². The first kappa shape index (κ1) is 20.6. The maximum Gasteiger partial charge on any atom is 0.234 e. The molecule has 3 rings (SSSR count). The summed E-state index contributed by atoms with van der Waals surface area (Å²) in [6.07, 6.45) is 1.41. The second-order valence-electron chi connectivity index (χ2n) is 6.16. The molecule has 150 valence electrons. The van der Waals surface area contributed by atoms with Gasteiger partial charge in [0, 0.05) is 12.2 Å². The van der Waals surface area contributed by atoms with Crippen LogP contribution in [0.2, 0.25) is 0 Å². The molecule has 1 N–H and O–H groups in total. The van der Waals surface area contributed by atoms with Crippen molar-refractivity contribution in [2.45, 2.75) is 24.7 Å². The highest BCUT2D eigenvalue weighted by Crippen LogP contribution is 2.24. The lowest BCUT2D eigenvalue weighted by molar-refractivity contribution is -0.113. The minimum absolute atomic E-state index is 0.139. The van der Waals surface area contributed by atoms with E-state index in [0.29, 0.717) is 23.2 Å². The predicted octanol–water partition coefficient (Wildman–Crippen LogP) is 4.47. The molecule has 0 saturated heterocycles. The number of anilines is 1. The summed E-state index contributed by atoms with van der Waals surface area (Å²) in [5.74, 6) is 0.955. The van der Waals surface area contributed by atoms with Crippen molar-refractivity contribution in [1.82, 2.24) is 14.8 Å². The molecule has 1 aromatic heterocycles. The van der Waals surface area contributed by atoms with Gasteiger partial charge in [0.1, 0.15) is 11.6 Å². The van der Waals surface area contributed by atoms with Crippen molar-refractivity contribution in [2.24, 2.45) is 0 Å². The van der Waals surface area contributed by atoms with Crippen molar-refractivity contribution < 1.29 is 13.9 Å². The SMILES string of the molecule is C=CCn1c(SCC(=O)Nc2ccc(F)cc2)nnc1C(C)Oc1ccccc1. The monoisotopic (exact) mass is 412 g/mol. The fourth-order valence-electron chi connectivity index (χ4n) is 2.62. The number of para-hydroxylation sites is 1. The number of amides is 1. The van der Waals surface area contributed by atoms with E-state index in [1.165, 1.54) is 36.0 Å². The molecule has 0 aliphatic rings.